The summed E-state index contributed by atoms with van der Waals surface area (Å²) in [4.78, 5) is 12.9. The summed E-state index contributed by atoms with van der Waals surface area (Å²) in [7, 11) is 4.77. The Kier molecular flexibility index (Phi) is 5.50. The highest BCUT2D eigenvalue weighted by molar-refractivity contribution is 6.01. The first-order valence-electron chi connectivity index (χ1n) is 8.67. The van der Waals surface area contributed by atoms with Crippen LogP contribution in [0.15, 0.2) is 54.6 Å². The molecule has 3 aromatic rings. The minimum Gasteiger partial charge on any atom is -0.497 e. The number of hydrogen-bond donors (Lipinski definition) is 1. The SMILES string of the molecule is COc1ccc(OC)c([C@@H](C)NC(=O)c2cc3ccccc3cc2OC)c1. The molecule has 1 amide bonds. The number of carbonyl (C=O) groups is 1. The quantitative estimate of drug-likeness (QED) is 0.705. The van der Waals surface area contributed by atoms with Crippen LogP contribution in [-0.4, -0.2) is 27.2 Å². The van der Waals surface area contributed by atoms with E-state index in [0.29, 0.717) is 22.8 Å². The van der Waals surface area contributed by atoms with Crippen molar-refractivity contribution < 1.29 is 19.0 Å². The first kappa shape index (κ1) is 18.6. The lowest BCUT2D eigenvalue weighted by molar-refractivity contribution is 0.0936. The summed E-state index contributed by atoms with van der Waals surface area (Å²) < 4.78 is 16.2. The first-order chi connectivity index (χ1) is 13.1. The van der Waals surface area contributed by atoms with Crippen molar-refractivity contribution >= 4 is 16.7 Å². The van der Waals surface area contributed by atoms with Crippen molar-refractivity contribution in [1.82, 2.24) is 5.32 Å². The Morgan fingerprint density at radius 2 is 1.52 bits per heavy atom. The zero-order valence-electron chi connectivity index (χ0n) is 15.9. The standard InChI is InChI=1S/C22H23NO4/c1-14(18-13-17(25-2)9-10-20(18)26-3)23-22(24)19-11-15-7-5-6-8-16(15)12-21(19)27-4/h5-14H,1-4H3,(H,23,24)/t14-/m1/s1. The van der Waals surface area contributed by atoms with Gasteiger partial charge in [0.15, 0.2) is 0 Å². The van der Waals surface area contributed by atoms with Crippen LogP contribution in [0.3, 0.4) is 0 Å². The van der Waals surface area contributed by atoms with E-state index in [1.807, 2.05) is 61.5 Å². The molecule has 5 heteroatoms. The van der Waals surface area contributed by atoms with Gasteiger partial charge in [-0.1, -0.05) is 24.3 Å². The van der Waals surface area contributed by atoms with Gasteiger partial charge in [0.05, 0.1) is 32.9 Å². The predicted molar refractivity (Wildman–Crippen MR) is 106 cm³/mol. The van der Waals surface area contributed by atoms with Gasteiger partial charge in [0.1, 0.15) is 17.2 Å². The summed E-state index contributed by atoms with van der Waals surface area (Å²) in [6.07, 6.45) is 0. The van der Waals surface area contributed by atoms with Crippen molar-refractivity contribution in [3.63, 3.8) is 0 Å². The van der Waals surface area contributed by atoms with Crippen molar-refractivity contribution in [3.05, 3.63) is 65.7 Å². The minimum absolute atomic E-state index is 0.213. The third kappa shape index (κ3) is 3.82. The summed E-state index contributed by atoms with van der Waals surface area (Å²) in [6, 6.07) is 16.8. The molecule has 0 fully saturated rings. The monoisotopic (exact) mass is 365 g/mol. The van der Waals surface area contributed by atoms with Gasteiger partial charge < -0.3 is 19.5 Å². The van der Waals surface area contributed by atoms with Crippen LogP contribution >= 0.6 is 0 Å². The number of ether oxygens (including phenoxy) is 3. The van der Waals surface area contributed by atoms with Crippen LogP contribution in [0.5, 0.6) is 17.2 Å². The highest BCUT2D eigenvalue weighted by Gasteiger charge is 2.19. The molecule has 0 aromatic heterocycles. The molecule has 0 bridgehead atoms. The smallest absolute Gasteiger partial charge is 0.255 e. The molecule has 0 saturated carbocycles. The molecule has 0 aliphatic carbocycles. The van der Waals surface area contributed by atoms with Gasteiger partial charge in [-0.25, -0.2) is 0 Å². The molecule has 0 spiro atoms. The highest BCUT2D eigenvalue weighted by atomic mass is 16.5. The number of carbonyl (C=O) groups excluding carboxylic acids is 1. The maximum atomic E-state index is 12.9. The summed E-state index contributed by atoms with van der Waals surface area (Å²) in [5, 5.41) is 5.03. The second kappa shape index (κ2) is 7.99. The van der Waals surface area contributed by atoms with Crippen LogP contribution in [0, 0.1) is 0 Å². The number of nitrogens with one attached hydrogen (secondary N) is 1. The molecule has 3 aromatic carbocycles. The zero-order valence-corrected chi connectivity index (χ0v) is 15.9. The lowest BCUT2D eigenvalue weighted by Crippen LogP contribution is -2.27. The second-order valence-corrected chi connectivity index (χ2v) is 6.20. The number of methoxy groups -OCH3 is 3. The molecule has 3 rings (SSSR count). The lowest BCUT2D eigenvalue weighted by Gasteiger charge is -2.19. The Bertz CT molecular complexity index is 968. The minimum atomic E-state index is -0.279. The molecule has 1 atom stereocenters. The van der Waals surface area contributed by atoms with E-state index in [9.17, 15) is 4.79 Å². The van der Waals surface area contributed by atoms with Gasteiger partial charge in [-0.2, -0.15) is 0 Å². The number of hydrogen-bond acceptors (Lipinski definition) is 4. The van der Waals surface area contributed by atoms with Crippen LogP contribution in [0.25, 0.3) is 10.8 Å². The molecule has 5 nitrogen and oxygen atoms in total. The Morgan fingerprint density at radius 1 is 0.852 bits per heavy atom. The largest absolute Gasteiger partial charge is 0.497 e. The van der Waals surface area contributed by atoms with Gasteiger partial charge in [0, 0.05) is 5.56 Å². The van der Waals surface area contributed by atoms with Crippen LogP contribution in [0.4, 0.5) is 0 Å². The van der Waals surface area contributed by atoms with Gasteiger partial charge >= 0.3 is 0 Å². The van der Waals surface area contributed by atoms with E-state index in [1.165, 1.54) is 0 Å². The summed E-state index contributed by atoms with van der Waals surface area (Å²) in [6.45, 7) is 1.91. The summed E-state index contributed by atoms with van der Waals surface area (Å²) >= 11 is 0. The molecule has 140 valence electrons. The lowest BCUT2D eigenvalue weighted by atomic mass is 10.0. The predicted octanol–water partition coefficient (Wildman–Crippen LogP) is 4.36. The van der Waals surface area contributed by atoms with Crippen LogP contribution in [0.1, 0.15) is 28.9 Å². The van der Waals surface area contributed by atoms with E-state index in [4.69, 9.17) is 14.2 Å². The topological polar surface area (TPSA) is 56.8 Å². The maximum Gasteiger partial charge on any atom is 0.255 e. The Labute approximate surface area is 158 Å². The number of fused-ring (bicyclic) bond motifs is 1. The molecular formula is C22H23NO4. The van der Waals surface area contributed by atoms with Gasteiger partial charge in [0.25, 0.3) is 5.91 Å². The maximum absolute atomic E-state index is 12.9. The first-order valence-corrected chi connectivity index (χ1v) is 8.67. The fourth-order valence-corrected chi connectivity index (χ4v) is 3.10. The normalized spacial score (nSPS) is 11.7. The van der Waals surface area contributed by atoms with Crippen molar-refractivity contribution in [1.29, 1.82) is 0 Å². The molecule has 0 aliphatic rings. The Balaban J connectivity index is 1.92. The number of rotatable bonds is 6. The summed E-state index contributed by atoms with van der Waals surface area (Å²) in [5.74, 6) is 1.72. The van der Waals surface area contributed by atoms with Gasteiger partial charge in [-0.05, 0) is 48.0 Å². The van der Waals surface area contributed by atoms with Gasteiger partial charge in [-0.15, -0.1) is 0 Å². The van der Waals surface area contributed by atoms with Crippen LogP contribution in [-0.2, 0) is 0 Å². The van der Waals surface area contributed by atoms with E-state index in [1.54, 1.807) is 21.3 Å². The Morgan fingerprint density at radius 3 is 2.15 bits per heavy atom. The van der Waals surface area contributed by atoms with E-state index in [0.717, 1.165) is 16.3 Å². The third-order valence-corrected chi connectivity index (χ3v) is 4.56. The molecule has 0 aliphatic heterocycles. The average Bonchev–Trinajstić information content (AvgIpc) is 2.71. The van der Waals surface area contributed by atoms with Gasteiger partial charge in [0.2, 0.25) is 0 Å². The van der Waals surface area contributed by atoms with Crippen LogP contribution < -0.4 is 19.5 Å². The molecule has 27 heavy (non-hydrogen) atoms. The Hall–Kier alpha value is -3.21. The number of amides is 1. The third-order valence-electron chi connectivity index (χ3n) is 4.56. The second-order valence-electron chi connectivity index (χ2n) is 6.20. The average molecular weight is 365 g/mol. The van der Waals surface area contributed by atoms with Crippen molar-refractivity contribution in [2.45, 2.75) is 13.0 Å². The molecule has 0 heterocycles. The molecular weight excluding hydrogens is 342 g/mol. The van der Waals surface area contributed by atoms with Crippen molar-refractivity contribution in [3.8, 4) is 17.2 Å². The van der Waals surface area contributed by atoms with E-state index < -0.39 is 0 Å². The van der Waals surface area contributed by atoms with E-state index >= 15 is 0 Å². The highest BCUT2D eigenvalue weighted by Crippen LogP contribution is 2.31. The van der Waals surface area contributed by atoms with Crippen molar-refractivity contribution in [2.24, 2.45) is 0 Å². The zero-order chi connectivity index (χ0) is 19.4. The summed E-state index contributed by atoms with van der Waals surface area (Å²) in [5.41, 5.74) is 1.33. The van der Waals surface area contributed by atoms with Crippen molar-refractivity contribution in [2.75, 3.05) is 21.3 Å². The molecule has 0 saturated heterocycles. The fraction of sp³-hybridized carbons (Fsp3) is 0.227. The van der Waals surface area contributed by atoms with Gasteiger partial charge in [-0.3, -0.25) is 4.79 Å². The molecule has 0 radical (unpaired) electrons. The van der Waals surface area contributed by atoms with Crippen LogP contribution in [0.2, 0.25) is 0 Å². The van der Waals surface area contributed by atoms with E-state index in [2.05, 4.69) is 5.32 Å². The number of benzene rings is 3. The van der Waals surface area contributed by atoms with E-state index in [-0.39, 0.29) is 11.9 Å². The molecule has 1 N–H and O–H groups in total. The fourth-order valence-electron chi connectivity index (χ4n) is 3.10. The molecule has 0 unspecified atom stereocenters.